The van der Waals surface area contributed by atoms with Gasteiger partial charge in [-0.3, -0.25) is 4.79 Å². The number of allylic oxidation sites excluding steroid dienone is 3. The molecule has 1 aliphatic carbocycles. The van der Waals surface area contributed by atoms with Crippen molar-refractivity contribution in [3.05, 3.63) is 81.7 Å². The third kappa shape index (κ3) is 5.29. The van der Waals surface area contributed by atoms with Crippen molar-refractivity contribution in [2.24, 2.45) is 11.3 Å². The zero-order chi connectivity index (χ0) is 26.0. The monoisotopic (exact) mass is 509 g/mol. The number of carbonyl (C=O) groups is 2. The minimum Gasteiger partial charge on any atom is -0.493 e. The Kier molecular flexibility index (Phi) is 7.46. The molecule has 1 heterocycles. The van der Waals surface area contributed by atoms with Crippen molar-refractivity contribution in [1.82, 2.24) is 5.32 Å². The standard InChI is InChI=1S/C29H32ClNO5/c1-6-35-28(33)25-17(2)31-21-14-29(3,4)15-22(32)27(21)26(25)19-9-12-23(24(13-19)34-5)36-16-18-7-10-20(30)11-8-18/h7-14,26-27,31H,6,15-16H2,1-5H3. The third-order valence-corrected chi connectivity index (χ3v) is 6.84. The lowest BCUT2D eigenvalue weighted by Gasteiger charge is -2.41. The predicted octanol–water partition coefficient (Wildman–Crippen LogP) is 5.95. The van der Waals surface area contributed by atoms with E-state index in [2.05, 4.69) is 11.4 Å². The molecule has 2 unspecified atom stereocenters. The van der Waals surface area contributed by atoms with E-state index in [-0.39, 0.29) is 17.8 Å². The Hall–Kier alpha value is -3.25. The molecule has 0 amide bonds. The topological polar surface area (TPSA) is 73.9 Å². The highest BCUT2D eigenvalue weighted by Gasteiger charge is 2.46. The van der Waals surface area contributed by atoms with Gasteiger partial charge < -0.3 is 19.5 Å². The van der Waals surface area contributed by atoms with Gasteiger partial charge in [0.15, 0.2) is 11.5 Å². The van der Waals surface area contributed by atoms with E-state index in [1.807, 2.05) is 63.2 Å². The molecule has 2 atom stereocenters. The average Bonchev–Trinajstić information content (AvgIpc) is 2.82. The number of esters is 1. The first kappa shape index (κ1) is 25.8. The SMILES string of the molecule is CCOC(=O)C1=C(C)NC2=CC(C)(C)CC(=O)C2C1c1ccc(OCc2ccc(Cl)cc2)c(OC)c1. The molecule has 0 bridgehead atoms. The molecule has 2 aromatic rings. The fourth-order valence-corrected chi connectivity index (χ4v) is 5.17. The van der Waals surface area contributed by atoms with Gasteiger partial charge in [-0.05, 0) is 54.7 Å². The van der Waals surface area contributed by atoms with Gasteiger partial charge in [0, 0.05) is 28.8 Å². The molecule has 0 aromatic heterocycles. The average molecular weight is 510 g/mol. The highest BCUT2D eigenvalue weighted by molar-refractivity contribution is 6.30. The Balaban J connectivity index is 1.74. The third-order valence-electron chi connectivity index (χ3n) is 6.59. The minimum absolute atomic E-state index is 0.0892. The molecule has 7 heteroatoms. The Bertz CT molecular complexity index is 1230. The maximum absolute atomic E-state index is 13.4. The number of rotatable bonds is 7. The van der Waals surface area contributed by atoms with Crippen LogP contribution in [-0.2, 0) is 20.9 Å². The van der Waals surface area contributed by atoms with Crippen LogP contribution in [0.1, 0.15) is 51.2 Å². The molecule has 190 valence electrons. The quantitative estimate of drug-likeness (QED) is 0.465. The van der Waals surface area contributed by atoms with Crippen LogP contribution in [0.2, 0.25) is 5.02 Å². The zero-order valence-electron chi connectivity index (χ0n) is 21.3. The number of fused-ring (bicyclic) bond motifs is 1. The first-order chi connectivity index (χ1) is 17.1. The van der Waals surface area contributed by atoms with Gasteiger partial charge in [-0.15, -0.1) is 0 Å². The molecule has 0 saturated heterocycles. The van der Waals surface area contributed by atoms with Gasteiger partial charge in [0.25, 0.3) is 0 Å². The van der Waals surface area contributed by atoms with Crippen LogP contribution in [0.4, 0.5) is 0 Å². The molecule has 0 saturated carbocycles. The number of nitrogens with one attached hydrogen (secondary N) is 1. The van der Waals surface area contributed by atoms with Crippen molar-refractivity contribution >= 4 is 23.4 Å². The Morgan fingerprint density at radius 3 is 2.50 bits per heavy atom. The maximum atomic E-state index is 13.4. The Morgan fingerprint density at radius 2 is 1.83 bits per heavy atom. The number of ketones is 1. The van der Waals surface area contributed by atoms with Crippen LogP contribution < -0.4 is 14.8 Å². The summed E-state index contributed by atoms with van der Waals surface area (Å²) in [5.41, 5.74) is 3.47. The number of ether oxygens (including phenoxy) is 3. The number of carbonyl (C=O) groups excluding carboxylic acids is 2. The van der Waals surface area contributed by atoms with E-state index in [4.69, 9.17) is 25.8 Å². The van der Waals surface area contributed by atoms with Crippen LogP contribution in [0.5, 0.6) is 11.5 Å². The summed E-state index contributed by atoms with van der Waals surface area (Å²) < 4.78 is 17.1. The van der Waals surface area contributed by atoms with E-state index in [9.17, 15) is 9.59 Å². The molecule has 6 nitrogen and oxygen atoms in total. The van der Waals surface area contributed by atoms with Gasteiger partial charge in [0.2, 0.25) is 0 Å². The number of hydrogen-bond donors (Lipinski definition) is 1. The number of benzene rings is 2. The molecular formula is C29H32ClNO5. The summed E-state index contributed by atoms with van der Waals surface area (Å²) in [4.78, 5) is 26.5. The Labute approximate surface area is 217 Å². The van der Waals surface area contributed by atoms with Gasteiger partial charge in [-0.25, -0.2) is 4.79 Å². The summed E-state index contributed by atoms with van der Waals surface area (Å²) in [6.45, 7) is 8.30. The second-order valence-corrected chi connectivity index (χ2v) is 10.3. The molecule has 0 radical (unpaired) electrons. The van der Waals surface area contributed by atoms with E-state index >= 15 is 0 Å². The fraction of sp³-hybridized carbons (Fsp3) is 0.379. The lowest BCUT2D eigenvalue weighted by Crippen LogP contribution is -2.43. The van der Waals surface area contributed by atoms with Crippen LogP contribution in [0.15, 0.2) is 65.5 Å². The molecule has 0 spiro atoms. The molecule has 0 fully saturated rings. The number of halogens is 1. The first-order valence-electron chi connectivity index (χ1n) is 12.1. The molecule has 1 aliphatic heterocycles. The molecule has 36 heavy (non-hydrogen) atoms. The van der Waals surface area contributed by atoms with Gasteiger partial charge in [0.1, 0.15) is 12.4 Å². The van der Waals surface area contributed by atoms with Crippen molar-refractivity contribution in [2.75, 3.05) is 13.7 Å². The molecular weight excluding hydrogens is 478 g/mol. The smallest absolute Gasteiger partial charge is 0.336 e. The molecule has 4 rings (SSSR count). The van der Waals surface area contributed by atoms with Crippen molar-refractivity contribution in [2.45, 2.75) is 46.6 Å². The van der Waals surface area contributed by atoms with Crippen LogP contribution in [0.3, 0.4) is 0 Å². The van der Waals surface area contributed by atoms with Crippen molar-refractivity contribution in [3.8, 4) is 11.5 Å². The van der Waals surface area contributed by atoms with Crippen molar-refractivity contribution in [1.29, 1.82) is 0 Å². The highest BCUT2D eigenvalue weighted by Crippen LogP contribution is 2.48. The first-order valence-corrected chi connectivity index (χ1v) is 12.5. The Morgan fingerprint density at radius 1 is 1.11 bits per heavy atom. The van der Waals surface area contributed by atoms with E-state index < -0.39 is 17.8 Å². The lowest BCUT2D eigenvalue weighted by molar-refractivity contribution is -0.139. The summed E-state index contributed by atoms with van der Waals surface area (Å²) in [5.74, 6) is -0.256. The van der Waals surface area contributed by atoms with Gasteiger partial charge in [-0.2, -0.15) is 0 Å². The number of methoxy groups -OCH3 is 1. The zero-order valence-corrected chi connectivity index (χ0v) is 22.1. The fourth-order valence-electron chi connectivity index (χ4n) is 5.04. The normalized spacial score (nSPS) is 20.7. The summed E-state index contributed by atoms with van der Waals surface area (Å²) in [6, 6.07) is 13.0. The predicted molar refractivity (Wildman–Crippen MR) is 139 cm³/mol. The maximum Gasteiger partial charge on any atom is 0.336 e. The van der Waals surface area contributed by atoms with Crippen molar-refractivity contribution < 1.29 is 23.8 Å². The van der Waals surface area contributed by atoms with Crippen LogP contribution in [0, 0.1) is 11.3 Å². The second kappa shape index (κ2) is 10.4. The molecule has 2 aromatic carbocycles. The van der Waals surface area contributed by atoms with Crippen molar-refractivity contribution in [3.63, 3.8) is 0 Å². The van der Waals surface area contributed by atoms with Gasteiger partial charge in [0.05, 0.1) is 25.2 Å². The lowest BCUT2D eigenvalue weighted by atomic mass is 9.66. The van der Waals surface area contributed by atoms with Crippen LogP contribution in [-0.4, -0.2) is 25.5 Å². The van der Waals surface area contributed by atoms with Gasteiger partial charge in [-0.1, -0.05) is 49.7 Å². The van der Waals surface area contributed by atoms with E-state index in [0.717, 1.165) is 16.8 Å². The van der Waals surface area contributed by atoms with Crippen LogP contribution in [0.25, 0.3) is 0 Å². The molecule has 1 N–H and O–H groups in total. The van der Waals surface area contributed by atoms with E-state index in [1.165, 1.54) is 0 Å². The summed E-state index contributed by atoms with van der Waals surface area (Å²) in [5, 5.41) is 3.99. The van der Waals surface area contributed by atoms with E-state index in [0.29, 0.717) is 40.8 Å². The van der Waals surface area contributed by atoms with E-state index in [1.54, 1.807) is 14.0 Å². The van der Waals surface area contributed by atoms with Gasteiger partial charge >= 0.3 is 5.97 Å². The summed E-state index contributed by atoms with van der Waals surface area (Å²) >= 11 is 5.98. The second-order valence-electron chi connectivity index (χ2n) is 9.90. The minimum atomic E-state index is -0.508. The summed E-state index contributed by atoms with van der Waals surface area (Å²) in [7, 11) is 1.57. The number of Topliss-reactive ketones (excluding diaryl/α,β-unsaturated/α-hetero) is 1. The largest absolute Gasteiger partial charge is 0.493 e. The van der Waals surface area contributed by atoms with Crippen LogP contribution >= 0.6 is 11.6 Å². The highest BCUT2D eigenvalue weighted by atomic mass is 35.5. The number of hydrogen-bond acceptors (Lipinski definition) is 6. The molecule has 2 aliphatic rings. The summed E-state index contributed by atoms with van der Waals surface area (Å²) in [6.07, 6.45) is 2.51.